The van der Waals surface area contributed by atoms with E-state index in [4.69, 9.17) is 11.6 Å². The van der Waals surface area contributed by atoms with E-state index < -0.39 is 0 Å². The maximum Gasteiger partial charge on any atom is 0.140 e. The van der Waals surface area contributed by atoms with Gasteiger partial charge in [-0.3, -0.25) is 0 Å². The fourth-order valence-corrected chi connectivity index (χ4v) is 3.22. The van der Waals surface area contributed by atoms with Crippen LogP contribution in [0.2, 0.25) is 0 Å². The molecule has 0 unspecified atom stereocenters. The summed E-state index contributed by atoms with van der Waals surface area (Å²) in [5.41, 5.74) is 0. The molecule has 3 nitrogen and oxygen atoms in total. The molecular formula is C14H20ClN3S. The van der Waals surface area contributed by atoms with Gasteiger partial charge in [-0.05, 0) is 25.3 Å². The zero-order valence-electron chi connectivity index (χ0n) is 11.5. The van der Waals surface area contributed by atoms with E-state index in [1.807, 2.05) is 0 Å². The third-order valence-electron chi connectivity index (χ3n) is 3.20. The first-order valence-electron chi connectivity index (χ1n) is 6.76. The number of unbranched alkanes of at least 4 members (excludes halogenated alkanes) is 2. The lowest BCUT2D eigenvalue weighted by atomic mass is 10.2. The zero-order valence-corrected chi connectivity index (χ0v) is 13.1. The van der Waals surface area contributed by atoms with Crippen molar-refractivity contribution in [2.45, 2.75) is 32.6 Å². The van der Waals surface area contributed by atoms with E-state index in [2.05, 4.69) is 34.9 Å². The van der Waals surface area contributed by atoms with Crippen LogP contribution >= 0.6 is 22.9 Å². The number of fused-ring (bicyclic) bond motifs is 1. The molecule has 0 saturated heterocycles. The Morgan fingerprint density at radius 1 is 1.26 bits per heavy atom. The van der Waals surface area contributed by atoms with Crippen LogP contribution in [0.25, 0.3) is 10.2 Å². The molecule has 0 radical (unpaired) electrons. The smallest absolute Gasteiger partial charge is 0.140 e. The van der Waals surface area contributed by atoms with Gasteiger partial charge < -0.3 is 4.90 Å². The van der Waals surface area contributed by atoms with E-state index in [0.717, 1.165) is 42.3 Å². The Bertz CT molecular complexity index is 526. The lowest BCUT2D eigenvalue weighted by Gasteiger charge is -2.18. The minimum atomic E-state index is 0.756. The van der Waals surface area contributed by atoms with Gasteiger partial charge in [0.15, 0.2) is 0 Å². The van der Waals surface area contributed by atoms with Gasteiger partial charge >= 0.3 is 0 Å². The van der Waals surface area contributed by atoms with Crippen molar-refractivity contribution in [2.24, 2.45) is 0 Å². The molecule has 2 rings (SSSR count). The standard InChI is InChI=1S/C14H20ClN3S/c1-3-11-9-12-13(16-10-17-14(12)19-11)18(2)8-6-4-5-7-15/h9-10H,3-8H2,1-2H3. The lowest BCUT2D eigenvalue weighted by Crippen LogP contribution is -2.19. The van der Waals surface area contributed by atoms with Crippen LogP contribution in [-0.4, -0.2) is 29.4 Å². The van der Waals surface area contributed by atoms with Crippen LogP contribution in [0.5, 0.6) is 0 Å². The topological polar surface area (TPSA) is 29.0 Å². The predicted molar refractivity (Wildman–Crippen MR) is 84.6 cm³/mol. The zero-order chi connectivity index (χ0) is 13.7. The Morgan fingerprint density at radius 3 is 2.84 bits per heavy atom. The molecule has 2 aromatic heterocycles. The molecule has 0 amide bonds. The summed E-state index contributed by atoms with van der Waals surface area (Å²) in [7, 11) is 2.10. The summed E-state index contributed by atoms with van der Waals surface area (Å²) in [6.45, 7) is 3.19. The molecule has 0 aliphatic heterocycles. The van der Waals surface area contributed by atoms with Crippen LogP contribution in [0.3, 0.4) is 0 Å². The molecule has 0 aliphatic rings. The highest BCUT2D eigenvalue weighted by molar-refractivity contribution is 7.18. The predicted octanol–water partition coefficient (Wildman–Crippen LogP) is 4.10. The average Bonchev–Trinajstić information content (AvgIpc) is 2.86. The highest BCUT2D eigenvalue weighted by Gasteiger charge is 2.11. The summed E-state index contributed by atoms with van der Waals surface area (Å²) >= 11 is 7.46. The van der Waals surface area contributed by atoms with E-state index in [0.29, 0.717) is 0 Å². The number of hydrogen-bond acceptors (Lipinski definition) is 4. The molecule has 0 fully saturated rings. The fraction of sp³-hybridized carbons (Fsp3) is 0.571. The Hall–Kier alpha value is -0.870. The normalized spacial score (nSPS) is 11.1. The van der Waals surface area contributed by atoms with E-state index >= 15 is 0 Å². The largest absolute Gasteiger partial charge is 0.359 e. The van der Waals surface area contributed by atoms with E-state index in [1.165, 1.54) is 16.7 Å². The van der Waals surface area contributed by atoms with Crippen molar-refractivity contribution in [3.05, 3.63) is 17.3 Å². The van der Waals surface area contributed by atoms with E-state index in [1.54, 1.807) is 17.7 Å². The summed E-state index contributed by atoms with van der Waals surface area (Å²) in [6.07, 6.45) is 6.14. The summed E-state index contributed by atoms with van der Waals surface area (Å²) < 4.78 is 0. The first kappa shape index (κ1) is 14.5. The van der Waals surface area contributed by atoms with Crippen molar-refractivity contribution in [2.75, 3.05) is 24.4 Å². The summed E-state index contributed by atoms with van der Waals surface area (Å²) in [5, 5.41) is 1.18. The molecule has 0 N–H and O–H groups in total. The minimum Gasteiger partial charge on any atom is -0.359 e. The number of aryl methyl sites for hydroxylation is 1. The molecule has 0 spiro atoms. The van der Waals surface area contributed by atoms with Gasteiger partial charge in [0.2, 0.25) is 0 Å². The third kappa shape index (κ3) is 3.57. The number of alkyl halides is 1. The van der Waals surface area contributed by atoms with Crippen LogP contribution in [0.15, 0.2) is 12.4 Å². The van der Waals surface area contributed by atoms with Gasteiger partial charge in [-0.2, -0.15) is 0 Å². The summed E-state index contributed by atoms with van der Waals surface area (Å²) in [5.74, 6) is 1.80. The molecule has 0 bridgehead atoms. The van der Waals surface area contributed by atoms with E-state index in [9.17, 15) is 0 Å². The SMILES string of the molecule is CCc1cc2c(N(C)CCCCCCl)ncnc2s1. The molecule has 0 saturated carbocycles. The number of hydrogen-bond donors (Lipinski definition) is 0. The van der Waals surface area contributed by atoms with Gasteiger partial charge in [0.25, 0.3) is 0 Å². The first-order chi connectivity index (χ1) is 9.26. The van der Waals surface area contributed by atoms with Crippen molar-refractivity contribution in [1.29, 1.82) is 0 Å². The van der Waals surface area contributed by atoms with Crippen molar-refractivity contribution in [3.8, 4) is 0 Å². The molecule has 2 aromatic rings. The summed E-state index contributed by atoms with van der Waals surface area (Å²) in [4.78, 5) is 13.5. The van der Waals surface area contributed by atoms with Gasteiger partial charge in [-0.1, -0.05) is 13.3 Å². The number of aromatic nitrogens is 2. The second-order valence-corrected chi connectivity index (χ2v) is 6.15. The number of halogens is 1. The molecule has 5 heteroatoms. The number of thiophene rings is 1. The van der Waals surface area contributed by atoms with Crippen LogP contribution in [-0.2, 0) is 6.42 Å². The molecule has 104 valence electrons. The maximum atomic E-state index is 5.70. The van der Waals surface area contributed by atoms with Crippen molar-refractivity contribution in [1.82, 2.24) is 9.97 Å². The number of anilines is 1. The second-order valence-electron chi connectivity index (χ2n) is 4.65. The van der Waals surface area contributed by atoms with Crippen LogP contribution in [0.1, 0.15) is 31.1 Å². The Morgan fingerprint density at radius 2 is 2.11 bits per heavy atom. The van der Waals surface area contributed by atoms with Crippen LogP contribution in [0, 0.1) is 0 Å². The number of rotatable bonds is 7. The lowest BCUT2D eigenvalue weighted by molar-refractivity contribution is 0.705. The quantitative estimate of drug-likeness (QED) is 0.569. The van der Waals surface area contributed by atoms with Gasteiger partial charge in [0.1, 0.15) is 17.0 Å². The molecular weight excluding hydrogens is 278 g/mol. The van der Waals surface area contributed by atoms with Crippen LogP contribution in [0.4, 0.5) is 5.82 Å². The maximum absolute atomic E-state index is 5.70. The van der Waals surface area contributed by atoms with Gasteiger partial charge in [-0.25, -0.2) is 9.97 Å². The third-order valence-corrected chi connectivity index (χ3v) is 4.65. The molecule has 0 aromatic carbocycles. The van der Waals surface area contributed by atoms with Gasteiger partial charge in [0, 0.05) is 24.3 Å². The summed E-state index contributed by atoms with van der Waals surface area (Å²) in [6, 6.07) is 2.23. The van der Waals surface area contributed by atoms with Crippen LogP contribution < -0.4 is 4.90 Å². The Labute approximate surface area is 123 Å². The molecule has 19 heavy (non-hydrogen) atoms. The highest BCUT2D eigenvalue weighted by Crippen LogP contribution is 2.30. The Balaban J connectivity index is 2.12. The van der Waals surface area contributed by atoms with Crippen molar-refractivity contribution < 1.29 is 0 Å². The Kier molecular flexibility index (Phi) is 5.40. The highest BCUT2D eigenvalue weighted by atomic mass is 35.5. The first-order valence-corrected chi connectivity index (χ1v) is 8.12. The van der Waals surface area contributed by atoms with Gasteiger partial charge in [0.05, 0.1) is 5.39 Å². The van der Waals surface area contributed by atoms with Crippen molar-refractivity contribution in [3.63, 3.8) is 0 Å². The van der Waals surface area contributed by atoms with Crippen molar-refractivity contribution >= 4 is 39.0 Å². The van der Waals surface area contributed by atoms with E-state index in [-0.39, 0.29) is 0 Å². The molecule has 2 heterocycles. The monoisotopic (exact) mass is 297 g/mol. The second kappa shape index (κ2) is 7.06. The molecule has 0 atom stereocenters. The minimum absolute atomic E-state index is 0.756. The number of nitrogens with zero attached hydrogens (tertiary/aromatic N) is 3. The molecule has 0 aliphatic carbocycles. The van der Waals surface area contributed by atoms with Gasteiger partial charge in [-0.15, -0.1) is 22.9 Å². The average molecular weight is 298 g/mol. The fourth-order valence-electron chi connectivity index (χ4n) is 2.10.